The van der Waals surface area contributed by atoms with Crippen LogP contribution < -0.4 is 10.2 Å². The first-order valence-corrected chi connectivity index (χ1v) is 10.0. The Morgan fingerprint density at radius 2 is 2.04 bits per heavy atom. The van der Waals surface area contributed by atoms with Crippen molar-refractivity contribution in [1.82, 2.24) is 10.2 Å². The van der Waals surface area contributed by atoms with Crippen molar-refractivity contribution < 1.29 is 14.4 Å². The highest BCUT2D eigenvalue weighted by Gasteiger charge is 2.53. The average Bonchev–Trinajstić information content (AvgIpc) is 2.65. The van der Waals surface area contributed by atoms with E-state index in [4.69, 9.17) is 17.0 Å². The molecule has 1 spiro atoms. The van der Waals surface area contributed by atoms with E-state index in [-0.39, 0.29) is 10.9 Å². The van der Waals surface area contributed by atoms with Gasteiger partial charge < -0.3 is 25.3 Å². The maximum atomic E-state index is 12.0. The van der Waals surface area contributed by atoms with Crippen LogP contribution in [0.3, 0.4) is 0 Å². The van der Waals surface area contributed by atoms with Crippen LogP contribution in [-0.4, -0.2) is 74.7 Å². The summed E-state index contributed by atoms with van der Waals surface area (Å²) in [5, 5.41) is 21.3. The van der Waals surface area contributed by atoms with Gasteiger partial charge in [0.2, 0.25) is 5.91 Å². The summed E-state index contributed by atoms with van der Waals surface area (Å²) < 4.78 is 5.10. The van der Waals surface area contributed by atoms with Crippen LogP contribution in [0.15, 0.2) is 5.57 Å². The molecular weight excluding hydrogens is 362 g/mol. The van der Waals surface area contributed by atoms with Crippen molar-refractivity contribution in [1.29, 1.82) is 5.26 Å². The molecule has 1 atom stereocenters. The van der Waals surface area contributed by atoms with Crippen molar-refractivity contribution in [3.8, 4) is 6.07 Å². The molecule has 8 heteroatoms. The van der Waals surface area contributed by atoms with Gasteiger partial charge in [-0.3, -0.25) is 10.7 Å². The number of ether oxygens (including phenoxy) is 1. The Morgan fingerprint density at radius 3 is 2.48 bits per heavy atom. The molecule has 0 saturated carbocycles. The van der Waals surface area contributed by atoms with Gasteiger partial charge in [0.05, 0.1) is 38.9 Å². The smallest absolute Gasteiger partial charge is 0.243 e. The van der Waals surface area contributed by atoms with Crippen LogP contribution in [0.1, 0.15) is 26.2 Å². The fourth-order valence-electron chi connectivity index (χ4n) is 4.06. The van der Waals surface area contributed by atoms with Crippen LogP contribution in [-0.2, 0) is 9.53 Å². The number of nitrogens with zero attached hydrogens (tertiary/aromatic N) is 3. The van der Waals surface area contributed by atoms with Crippen LogP contribution in [0, 0.1) is 22.7 Å². The SMILES string of the molecule is CCC[NH+]1CCC2(CC1)C(=C=[N-])C(=S)NC(=O)C2C#N.CN1CCOCC1. The molecular formula is C19H29N5O2S. The molecule has 27 heavy (non-hydrogen) atoms. The molecule has 3 fully saturated rings. The van der Waals surface area contributed by atoms with Crippen molar-refractivity contribution in [3.05, 3.63) is 11.0 Å². The molecule has 3 saturated heterocycles. The molecule has 0 aromatic rings. The summed E-state index contributed by atoms with van der Waals surface area (Å²) in [6, 6.07) is 2.09. The Labute approximate surface area is 166 Å². The van der Waals surface area contributed by atoms with Crippen LogP contribution in [0.2, 0.25) is 0 Å². The summed E-state index contributed by atoms with van der Waals surface area (Å²) >= 11 is 5.13. The summed E-state index contributed by atoms with van der Waals surface area (Å²) in [6.07, 6.45) is 2.46. The first kappa shape index (κ1) is 21.7. The molecule has 0 bridgehead atoms. The second-order valence-corrected chi connectivity index (χ2v) is 7.85. The number of hydrogen-bond acceptors (Lipinski definition) is 5. The van der Waals surface area contributed by atoms with Crippen LogP contribution >= 0.6 is 12.2 Å². The summed E-state index contributed by atoms with van der Waals surface area (Å²) in [5.74, 6) is 0.996. The van der Waals surface area contributed by atoms with E-state index in [2.05, 4.69) is 36.1 Å². The molecule has 0 aromatic heterocycles. The second kappa shape index (κ2) is 10.1. The maximum absolute atomic E-state index is 12.0. The molecule has 1 unspecified atom stereocenters. The minimum absolute atomic E-state index is 0.211. The van der Waals surface area contributed by atoms with Crippen molar-refractivity contribution in [2.75, 3.05) is 53.0 Å². The quantitative estimate of drug-likeness (QED) is 0.386. The van der Waals surface area contributed by atoms with Crippen LogP contribution in [0.25, 0.3) is 5.41 Å². The predicted molar refractivity (Wildman–Crippen MR) is 108 cm³/mol. The van der Waals surface area contributed by atoms with E-state index in [0.29, 0.717) is 18.4 Å². The highest BCUT2D eigenvalue weighted by molar-refractivity contribution is 7.80. The van der Waals surface area contributed by atoms with Gasteiger partial charge in [-0.15, -0.1) is 0 Å². The standard InChI is InChI=1S/C14H17N4OS.C5H11NO/c1-2-5-18-6-3-14(4-7-18)10(8-15)12(19)17-13(20)11(14)9-16;1-6-2-4-7-5-3-6/h10H,2-7H2,1H3,(H,17,19,20);2-5H2,1H3/q-1;/p+1. The van der Waals surface area contributed by atoms with Crippen molar-refractivity contribution >= 4 is 29.0 Å². The fraction of sp³-hybridized carbons (Fsp3) is 0.737. The van der Waals surface area contributed by atoms with Gasteiger partial charge in [-0.1, -0.05) is 19.1 Å². The van der Waals surface area contributed by atoms with Crippen LogP contribution in [0.5, 0.6) is 0 Å². The molecule has 7 nitrogen and oxygen atoms in total. The lowest BCUT2D eigenvalue weighted by molar-refractivity contribution is -0.907. The third-order valence-electron chi connectivity index (χ3n) is 5.70. The summed E-state index contributed by atoms with van der Waals surface area (Å²) in [4.78, 5) is 16.0. The molecule has 3 aliphatic heterocycles. The van der Waals surface area contributed by atoms with E-state index in [9.17, 15) is 15.5 Å². The minimum atomic E-state index is -0.799. The van der Waals surface area contributed by atoms with E-state index in [1.165, 1.54) is 4.90 Å². The number of quaternary nitrogens is 1. The normalized spacial score (nSPS) is 31.4. The molecule has 3 heterocycles. The van der Waals surface area contributed by atoms with Gasteiger partial charge in [-0.25, -0.2) is 0 Å². The van der Waals surface area contributed by atoms with Gasteiger partial charge >= 0.3 is 0 Å². The Morgan fingerprint density at radius 1 is 1.41 bits per heavy atom. The number of thiocarbonyl (C=S) groups is 1. The predicted octanol–water partition coefficient (Wildman–Crippen LogP) is -0.228. The topological polar surface area (TPSA) is 92.1 Å². The highest BCUT2D eigenvalue weighted by Crippen LogP contribution is 2.44. The summed E-state index contributed by atoms with van der Waals surface area (Å²) in [7, 11) is 2.11. The summed E-state index contributed by atoms with van der Waals surface area (Å²) in [6.45, 7) is 9.02. The number of carbonyl (C=O) groups is 1. The Bertz CT molecular complexity index is 639. The van der Waals surface area contributed by atoms with Gasteiger partial charge in [0.25, 0.3) is 0 Å². The van der Waals surface area contributed by atoms with Gasteiger partial charge in [0.1, 0.15) is 10.9 Å². The lowest BCUT2D eigenvalue weighted by Gasteiger charge is -2.45. The number of likely N-dealkylation sites (tertiary alicyclic amines) is 1. The zero-order valence-electron chi connectivity index (χ0n) is 16.2. The number of amides is 1. The third kappa shape index (κ3) is 5.01. The van der Waals surface area contributed by atoms with Gasteiger partial charge in [-0.05, 0) is 13.5 Å². The molecule has 3 rings (SSSR count). The lowest BCUT2D eigenvalue weighted by atomic mass is 9.62. The minimum Gasteiger partial charge on any atom is -0.763 e. The number of piperidine rings is 2. The van der Waals surface area contributed by atoms with Crippen molar-refractivity contribution in [3.63, 3.8) is 0 Å². The third-order valence-corrected chi connectivity index (χ3v) is 6.01. The van der Waals surface area contributed by atoms with E-state index in [1.54, 1.807) is 0 Å². The van der Waals surface area contributed by atoms with Gasteiger partial charge in [0, 0.05) is 36.9 Å². The van der Waals surface area contributed by atoms with Gasteiger partial charge in [0.15, 0.2) is 0 Å². The number of morpholine rings is 1. The molecule has 0 aliphatic carbocycles. The Hall–Kier alpha value is -1.62. The van der Waals surface area contributed by atoms with Crippen LogP contribution in [0.4, 0.5) is 0 Å². The zero-order chi connectivity index (χ0) is 19.9. The first-order valence-electron chi connectivity index (χ1n) is 9.60. The van der Waals surface area contributed by atoms with E-state index >= 15 is 0 Å². The Kier molecular flexibility index (Phi) is 8.08. The number of hydrogen-bond donors (Lipinski definition) is 2. The zero-order valence-corrected chi connectivity index (χ0v) is 17.0. The molecule has 0 aromatic carbocycles. The maximum Gasteiger partial charge on any atom is 0.243 e. The number of rotatable bonds is 2. The average molecular weight is 392 g/mol. The number of likely N-dealkylation sites (N-methyl/N-ethyl adjacent to an activating group) is 1. The fourth-order valence-corrected chi connectivity index (χ4v) is 4.41. The van der Waals surface area contributed by atoms with Gasteiger partial charge in [-0.2, -0.15) is 5.26 Å². The Balaban J connectivity index is 0.000000313. The molecule has 3 aliphatic rings. The first-order chi connectivity index (χ1) is 13.0. The van der Waals surface area contributed by atoms with Crippen molar-refractivity contribution in [2.45, 2.75) is 26.2 Å². The number of nitrogens with one attached hydrogen (secondary N) is 2. The highest BCUT2D eigenvalue weighted by atomic mass is 32.1. The van der Waals surface area contributed by atoms with E-state index in [0.717, 1.165) is 52.4 Å². The molecule has 0 radical (unpaired) electrons. The second-order valence-electron chi connectivity index (χ2n) is 7.44. The molecule has 148 valence electrons. The van der Waals surface area contributed by atoms with E-state index in [1.807, 2.05) is 0 Å². The largest absolute Gasteiger partial charge is 0.763 e. The van der Waals surface area contributed by atoms with E-state index < -0.39 is 11.3 Å². The number of carbonyl (C=O) groups excluding carboxylic acids is 1. The summed E-state index contributed by atoms with van der Waals surface area (Å²) in [5.41, 5.74) is -0.241. The lowest BCUT2D eigenvalue weighted by Crippen LogP contribution is -3.13. The molecule has 2 N–H and O–H groups in total. The molecule has 1 amide bonds. The van der Waals surface area contributed by atoms with Crippen molar-refractivity contribution in [2.24, 2.45) is 11.3 Å². The monoisotopic (exact) mass is 391 g/mol. The number of nitriles is 1.